The molecule has 0 spiro atoms. The molecule has 0 heterocycles. The third-order valence-electron chi connectivity index (χ3n) is 5.93. The molecule has 0 unspecified atom stereocenters. The smallest absolute Gasteiger partial charge is 0.158 e. The third-order valence-corrected chi connectivity index (χ3v) is 5.93. The van der Waals surface area contributed by atoms with Gasteiger partial charge in [0.2, 0.25) is 0 Å². The Hall–Kier alpha value is -0.590. The fourth-order valence-corrected chi connectivity index (χ4v) is 5.07. The van der Waals surface area contributed by atoms with Gasteiger partial charge in [0.25, 0.3) is 0 Å². The first-order chi connectivity index (χ1) is 7.38. The van der Waals surface area contributed by atoms with E-state index in [1.165, 1.54) is 19.3 Å². The molecule has 1 heteroatoms. The molecule has 88 valence electrons. The number of carbonyl (C=O) groups excluding carboxylic acids is 1. The van der Waals surface area contributed by atoms with Crippen molar-refractivity contribution in [1.82, 2.24) is 0 Å². The van der Waals surface area contributed by atoms with Crippen LogP contribution in [-0.4, -0.2) is 5.78 Å². The fraction of sp³-hybridized carbons (Fsp3) is 0.800. The summed E-state index contributed by atoms with van der Waals surface area (Å²) in [5, 5.41) is 0. The summed E-state index contributed by atoms with van der Waals surface area (Å²) >= 11 is 0. The SMILES string of the molecule is C=C1C(=O)C[C@H]2[C@H]3[C@@H]1[C@]2(C)CCCC3(C)C. The van der Waals surface area contributed by atoms with Crippen molar-refractivity contribution in [2.45, 2.75) is 46.5 Å². The number of Topliss-reactive ketones (excluding diaryl/α,β-unsaturated/α-hetero) is 1. The van der Waals surface area contributed by atoms with Crippen molar-refractivity contribution in [2.75, 3.05) is 0 Å². The van der Waals surface area contributed by atoms with Gasteiger partial charge in [-0.1, -0.05) is 33.8 Å². The zero-order valence-corrected chi connectivity index (χ0v) is 10.7. The summed E-state index contributed by atoms with van der Waals surface area (Å²) in [4.78, 5) is 11.8. The minimum atomic E-state index is 0.349. The van der Waals surface area contributed by atoms with Crippen LogP contribution in [0.3, 0.4) is 0 Å². The van der Waals surface area contributed by atoms with Gasteiger partial charge in [0.15, 0.2) is 5.78 Å². The molecule has 4 aliphatic rings. The Kier molecular flexibility index (Phi) is 1.85. The van der Waals surface area contributed by atoms with Gasteiger partial charge in [-0.05, 0) is 47.0 Å². The van der Waals surface area contributed by atoms with Crippen LogP contribution >= 0.6 is 0 Å². The van der Waals surface area contributed by atoms with E-state index in [1.807, 2.05) is 0 Å². The standard InChI is InChI=1S/C15H22O/c1-9-11(16)8-10-13-12(9)15(10,4)7-5-6-14(13,2)3/h10,12-13H,1,5-8H2,2-4H3/t10-,12+,13-,15+/m0/s1. The van der Waals surface area contributed by atoms with Crippen LogP contribution in [0.5, 0.6) is 0 Å². The van der Waals surface area contributed by atoms with Crippen molar-refractivity contribution in [3.8, 4) is 0 Å². The summed E-state index contributed by atoms with van der Waals surface area (Å²) in [6.07, 6.45) is 4.73. The van der Waals surface area contributed by atoms with Crippen molar-refractivity contribution in [3.63, 3.8) is 0 Å². The van der Waals surface area contributed by atoms with E-state index in [4.69, 9.17) is 0 Å². The highest BCUT2D eigenvalue weighted by molar-refractivity contribution is 5.98. The summed E-state index contributed by atoms with van der Waals surface area (Å²) in [6, 6.07) is 0. The molecule has 4 saturated carbocycles. The molecule has 0 aromatic carbocycles. The second kappa shape index (κ2) is 2.80. The lowest BCUT2D eigenvalue weighted by Crippen LogP contribution is -2.63. The summed E-state index contributed by atoms with van der Waals surface area (Å²) in [5.74, 6) is 2.22. The largest absolute Gasteiger partial charge is 0.295 e. The van der Waals surface area contributed by atoms with Crippen LogP contribution in [0.25, 0.3) is 0 Å². The highest BCUT2D eigenvalue weighted by Crippen LogP contribution is 2.72. The number of rotatable bonds is 0. The van der Waals surface area contributed by atoms with Crippen LogP contribution in [0.4, 0.5) is 0 Å². The van der Waals surface area contributed by atoms with Crippen LogP contribution in [-0.2, 0) is 4.79 Å². The molecule has 0 aromatic heterocycles. The maximum absolute atomic E-state index is 11.8. The number of hydrogen-bond donors (Lipinski definition) is 0. The molecule has 0 radical (unpaired) electrons. The van der Waals surface area contributed by atoms with Crippen LogP contribution in [0.2, 0.25) is 0 Å². The van der Waals surface area contributed by atoms with Gasteiger partial charge in [-0.25, -0.2) is 0 Å². The van der Waals surface area contributed by atoms with E-state index in [-0.39, 0.29) is 0 Å². The third kappa shape index (κ3) is 1.00. The molecule has 4 aliphatic carbocycles. The highest BCUT2D eigenvalue weighted by atomic mass is 16.1. The zero-order chi connectivity index (χ0) is 11.7. The lowest BCUT2D eigenvalue weighted by Gasteiger charge is -2.66. The quantitative estimate of drug-likeness (QED) is 0.568. The van der Waals surface area contributed by atoms with Gasteiger partial charge < -0.3 is 0 Å². The minimum Gasteiger partial charge on any atom is -0.295 e. The van der Waals surface area contributed by atoms with Gasteiger partial charge in [0.05, 0.1) is 0 Å². The Morgan fingerprint density at radius 1 is 1.25 bits per heavy atom. The fourth-order valence-electron chi connectivity index (χ4n) is 5.07. The van der Waals surface area contributed by atoms with Gasteiger partial charge in [-0.2, -0.15) is 0 Å². The second-order valence-electron chi connectivity index (χ2n) is 7.11. The maximum atomic E-state index is 11.8. The Morgan fingerprint density at radius 2 is 1.94 bits per heavy atom. The number of ketones is 1. The van der Waals surface area contributed by atoms with Crippen molar-refractivity contribution < 1.29 is 4.79 Å². The predicted molar refractivity (Wildman–Crippen MR) is 65.0 cm³/mol. The van der Waals surface area contributed by atoms with Gasteiger partial charge in [-0.15, -0.1) is 0 Å². The van der Waals surface area contributed by atoms with E-state index in [9.17, 15) is 4.79 Å². The first kappa shape index (κ1) is 10.6. The van der Waals surface area contributed by atoms with E-state index >= 15 is 0 Å². The van der Waals surface area contributed by atoms with E-state index in [2.05, 4.69) is 27.4 Å². The predicted octanol–water partition coefficient (Wildman–Crippen LogP) is 3.59. The molecule has 0 aromatic rings. The Balaban J connectivity index is 2.06. The Bertz CT molecular complexity index is 379. The molecule has 0 saturated heterocycles. The topological polar surface area (TPSA) is 17.1 Å². The molecule has 16 heavy (non-hydrogen) atoms. The van der Waals surface area contributed by atoms with E-state index in [0.29, 0.717) is 28.4 Å². The number of fused-ring (bicyclic) bond motifs is 2. The van der Waals surface area contributed by atoms with Crippen LogP contribution in [0.15, 0.2) is 12.2 Å². The van der Waals surface area contributed by atoms with Crippen molar-refractivity contribution in [3.05, 3.63) is 12.2 Å². The molecule has 4 atom stereocenters. The van der Waals surface area contributed by atoms with Gasteiger partial charge in [-0.3, -0.25) is 4.79 Å². The Labute approximate surface area is 98.3 Å². The molecule has 4 rings (SSSR count). The molecule has 0 amide bonds. The molecular formula is C15H22O. The summed E-state index contributed by atoms with van der Waals surface area (Å²) in [5.41, 5.74) is 1.77. The number of allylic oxidation sites excluding steroid dienone is 1. The van der Waals surface area contributed by atoms with Crippen LogP contribution in [0.1, 0.15) is 46.5 Å². The van der Waals surface area contributed by atoms with Gasteiger partial charge in [0.1, 0.15) is 0 Å². The van der Waals surface area contributed by atoms with Crippen LogP contribution < -0.4 is 0 Å². The highest BCUT2D eigenvalue weighted by Gasteiger charge is 2.67. The molecule has 0 aliphatic heterocycles. The molecule has 4 fully saturated rings. The first-order valence-corrected chi connectivity index (χ1v) is 6.60. The van der Waals surface area contributed by atoms with E-state index < -0.39 is 0 Å². The summed E-state index contributed by atoms with van der Waals surface area (Å²) in [6.45, 7) is 11.3. The molecule has 4 bridgehead atoms. The first-order valence-electron chi connectivity index (χ1n) is 6.60. The van der Waals surface area contributed by atoms with Crippen LogP contribution in [0, 0.1) is 28.6 Å². The lowest BCUT2D eigenvalue weighted by atomic mass is 9.37. The normalized spacial score (nSPS) is 49.6. The molecular weight excluding hydrogens is 196 g/mol. The molecule has 0 N–H and O–H groups in total. The average Bonchev–Trinajstić information content (AvgIpc) is 2.34. The molecule has 1 nitrogen and oxygen atoms in total. The second-order valence-corrected chi connectivity index (χ2v) is 7.11. The number of hydrogen-bond acceptors (Lipinski definition) is 1. The maximum Gasteiger partial charge on any atom is 0.158 e. The van der Waals surface area contributed by atoms with Crippen molar-refractivity contribution in [1.29, 1.82) is 0 Å². The lowest BCUT2D eigenvalue weighted by molar-refractivity contribution is -0.166. The average molecular weight is 218 g/mol. The van der Waals surface area contributed by atoms with Crippen molar-refractivity contribution in [2.24, 2.45) is 28.6 Å². The Morgan fingerprint density at radius 3 is 2.56 bits per heavy atom. The number of carbonyl (C=O) groups is 1. The monoisotopic (exact) mass is 218 g/mol. The summed E-state index contributed by atoms with van der Waals surface area (Å²) < 4.78 is 0. The van der Waals surface area contributed by atoms with E-state index in [0.717, 1.165) is 17.9 Å². The van der Waals surface area contributed by atoms with E-state index in [1.54, 1.807) is 0 Å². The van der Waals surface area contributed by atoms with Gasteiger partial charge in [0, 0.05) is 6.42 Å². The van der Waals surface area contributed by atoms with Gasteiger partial charge >= 0.3 is 0 Å². The minimum absolute atomic E-state index is 0.349. The summed E-state index contributed by atoms with van der Waals surface area (Å²) in [7, 11) is 0. The van der Waals surface area contributed by atoms with Crippen molar-refractivity contribution >= 4 is 5.78 Å². The zero-order valence-electron chi connectivity index (χ0n) is 10.7.